The molecule has 0 aliphatic carbocycles. The Morgan fingerprint density at radius 2 is 2.16 bits per heavy atom. The van der Waals surface area contributed by atoms with Gasteiger partial charge in [0.1, 0.15) is 0 Å². The summed E-state index contributed by atoms with van der Waals surface area (Å²) < 4.78 is 6.15. The molecule has 4 heteroatoms. The molecular weight excluding hydrogens is 238 g/mol. The second-order valence-corrected chi connectivity index (χ2v) is 5.95. The third kappa shape index (κ3) is 2.74. The SMILES string of the molecule is Cc1ccc(N2CCCC3(CN(C)CCO3)C2)cn1. The summed E-state index contributed by atoms with van der Waals surface area (Å²) >= 11 is 0. The molecule has 0 bridgehead atoms. The molecule has 2 saturated heterocycles. The van der Waals surface area contributed by atoms with Crippen LogP contribution in [0.5, 0.6) is 0 Å². The molecule has 1 atom stereocenters. The van der Waals surface area contributed by atoms with Gasteiger partial charge >= 0.3 is 0 Å². The van der Waals surface area contributed by atoms with E-state index in [0.29, 0.717) is 0 Å². The van der Waals surface area contributed by atoms with Gasteiger partial charge in [-0.15, -0.1) is 0 Å². The highest BCUT2D eigenvalue weighted by Crippen LogP contribution is 2.31. The molecule has 0 radical (unpaired) electrons. The number of anilines is 1. The second-order valence-electron chi connectivity index (χ2n) is 5.95. The number of ether oxygens (including phenoxy) is 1. The Bertz CT molecular complexity index is 430. The second kappa shape index (κ2) is 5.10. The Kier molecular flexibility index (Phi) is 3.46. The summed E-state index contributed by atoms with van der Waals surface area (Å²) in [5.74, 6) is 0. The van der Waals surface area contributed by atoms with E-state index in [4.69, 9.17) is 4.74 Å². The van der Waals surface area contributed by atoms with E-state index >= 15 is 0 Å². The number of hydrogen-bond donors (Lipinski definition) is 0. The van der Waals surface area contributed by atoms with Crippen molar-refractivity contribution in [1.29, 1.82) is 0 Å². The van der Waals surface area contributed by atoms with Gasteiger partial charge in [0.25, 0.3) is 0 Å². The van der Waals surface area contributed by atoms with Crippen LogP contribution in [0.15, 0.2) is 18.3 Å². The van der Waals surface area contributed by atoms with Gasteiger partial charge in [0.15, 0.2) is 0 Å². The zero-order chi connectivity index (χ0) is 13.3. The third-order valence-corrected chi connectivity index (χ3v) is 4.24. The Morgan fingerprint density at radius 3 is 2.89 bits per heavy atom. The predicted octanol–water partition coefficient (Wildman–Crippen LogP) is 1.69. The molecule has 1 aromatic heterocycles. The normalized spacial score (nSPS) is 28.8. The summed E-state index contributed by atoms with van der Waals surface area (Å²) in [6.07, 6.45) is 4.36. The number of morpholine rings is 1. The maximum atomic E-state index is 6.15. The largest absolute Gasteiger partial charge is 0.370 e. The quantitative estimate of drug-likeness (QED) is 0.769. The van der Waals surface area contributed by atoms with E-state index < -0.39 is 0 Å². The van der Waals surface area contributed by atoms with Crippen molar-refractivity contribution >= 4 is 5.69 Å². The highest BCUT2D eigenvalue weighted by Gasteiger charge is 2.39. The van der Waals surface area contributed by atoms with Crippen LogP contribution in [0.3, 0.4) is 0 Å². The highest BCUT2D eigenvalue weighted by molar-refractivity contribution is 5.45. The Hall–Kier alpha value is -1.13. The zero-order valence-corrected chi connectivity index (χ0v) is 11.9. The number of nitrogens with zero attached hydrogens (tertiary/aromatic N) is 3. The minimum absolute atomic E-state index is 0.0239. The van der Waals surface area contributed by atoms with Crippen LogP contribution in [0.25, 0.3) is 0 Å². The van der Waals surface area contributed by atoms with Gasteiger partial charge in [-0.2, -0.15) is 0 Å². The fourth-order valence-electron chi connectivity index (χ4n) is 3.25. The third-order valence-electron chi connectivity index (χ3n) is 4.24. The first-order chi connectivity index (χ1) is 9.17. The lowest BCUT2D eigenvalue weighted by Gasteiger charge is -2.47. The monoisotopic (exact) mass is 261 g/mol. The van der Waals surface area contributed by atoms with Gasteiger partial charge in [-0.3, -0.25) is 4.98 Å². The molecule has 4 nitrogen and oxygen atoms in total. The summed E-state index contributed by atoms with van der Waals surface area (Å²) in [7, 11) is 2.19. The minimum atomic E-state index is 0.0239. The van der Waals surface area contributed by atoms with E-state index in [9.17, 15) is 0 Å². The Balaban J connectivity index is 1.75. The summed E-state index contributed by atoms with van der Waals surface area (Å²) in [5, 5.41) is 0. The maximum Gasteiger partial charge on any atom is 0.0983 e. The van der Waals surface area contributed by atoms with Crippen LogP contribution in [0, 0.1) is 6.92 Å². The average Bonchev–Trinajstić information content (AvgIpc) is 2.39. The fraction of sp³-hybridized carbons (Fsp3) is 0.667. The van der Waals surface area contributed by atoms with E-state index in [1.54, 1.807) is 0 Å². The van der Waals surface area contributed by atoms with Gasteiger partial charge in [0, 0.05) is 31.9 Å². The molecule has 2 fully saturated rings. The molecule has 1 spiro atoms. The van der Waals surface area contributed by atoms with Gasteiger partial charge in [0.05, 0.1) is 24.1 Å². The van der Waals surface area contributed by atoms with Crippen molar-refractivity contribution in [2.24, 2.45) is 0 Å². The molecule has 19 heavy (non-hydrogen) atoms. The van der Waals surface area contributed by atoms with Gasteiger partial charge in [-0.05, 0) is 38.9 Å². The van der Waals surface area contributed by atoms with Gasteiger partial charge < -0.3 is 14.5 Å². The van der Waals surface area contributed by atoms with Crippen LogP contribution < -0.4 is 4.90 Å². The lowest BCUT2D eigenvalue weighted by Crippen LogP contribution is -2.59. The first-order valence-electron chi connectivity index (χ1n) is 7.17. The highest BCUT2D eigenvalue weighted by atomic mass is 16.5. The van der Waals surface area contributed by atoms with Crippen LogP contribution in [0.2, 0.25) is 0 Å². The molecule has 1 unspecified atom stereocenters. The molecule has 0 N–H and O–H groups in total. The number of aryl methyl sites for hydroxylation is 1. The van der Waals surface area contributed by atoms with E-state index in [1.807, 2.05) is 13.1 Å². The molecule has 0 aromatic carbocycles. The van der Waals surface area contributed by atoms with Crippen molar-refractivity contribution in [3.05, 3.63) is 24.0 Å². The van der Waals surface area contributed by atoms with Gasteiger partial charge in [0.2, 0.25) is 0 Å². The van der Waals surface area contributed by atoms with E-state index in [2.05, 4.69) is 34.0 Å². The van der Waals surface area contributed by atoms with Crippen molar-refractivity contribution in [2.45, 2.75) is 25.4 Å². The molecule has 2 aliphatic rings. The number of hydrogen-bond acceptors (Lipinski definition) is 4. The topological polar surface area (TPSA) is 28.6 Å². The zero-order valence-electron chi connectivity index (χ0n) is 11.9. The molecule has 1 aromatic rings. The van der Waals surface area contributed by atoms with Crippen LogP contribution in [-0.2, 0) is 4.74 Å². The fourth-order valence-corrected chi connectivity index (χ4v) is 3.25. The Morgan fingerprint density at radius 1 is 1.26 bits per heavy atom. The maximum absolute atomic E-state index is 6.15. The summed E-state index contributed by atoms with van der Waals surface area (Å²) in [4.78, 5) is 9.22. The Labute approximate surface area is 115 Å². The van der Waals surface area contributed by atoms with Crippen molar-refractivity contribution in [1.82, 2.24) is 9.88 Å². The number of rotatable bonds is 1. The van der Waals surface area contributed by atoms with Crippen molar-refractivity contribution in [3.63, 3.8) is 0 Å². The summed E-state index contributed by atoms with van der Waals surface area (Å²) in [5.41, 5.74) is 2.32. The van der Waals surface area contributed by atoms with Crippen molar-refractivity contribution in [3.8, 4) is 0 Å². The van der Waals surface area contributed by atoms with E-state index in [1.165, 1.54) is 18.5 Å². The number of piperidine rings is 1. The smallest absolute Gasteiger partial charge is 0.0983 e. The molecule has 0 amide bonds. The molecular formula is C15H23N3O. The number of pyridine rings is 1. The van der Waals surface area contributed by atoms with Crippen LogP contribution >= 0.6 is 0 Å². The number of aromatic nitrogens is 1. The van der Waals surface area contributed by atoms with E-state index in [-0.39, 0.29) is 5.60 Å². The van der Waals surface area contributed by atoms with Crippen LogP contribution in [-0.4, -0.2) is 55.3 Å². The van der Waals surface area contributed by atoms with Crippen molar-refractivity contribution in [2.75, 3.05) is 44.7 Å². The average molecular weight is 261 g/mol. The van der Waals surface area contributed by atoms with Gasteiger partial charge in [-0.25, -0.2) is 0 Å². The molecule has 3 rings (SSSR count). The first kappa shape index (κ1) is 12.9. The lowest BCUT2D eigenvalue weighted by molar-refractivity contribution is -0.108. The van der Waals surface area contributed by atoms with Gasteiger partial charge in [-0.1, -0.05) is 0 Å². The minimum Gasteiger partial charge on any atom is -0.370 e. The first-order valence-corrected chi connectivity index (χ1v) is 7.17. The predicted molar refractivity (Wildman–Crippen MR) is 76.6 cm³/mol. The van der Waals surface area contributed by atoms with Crippen molar-refractivity contribution < 1.29 is 4.74 Å². The molecule has 104 valence electrons. The van der Waals surface area contributed by atoms with Crippen LogP contribution in [0.4, 0.5) is 5.69 Å². The molecule has 2 aliphatic heterocycles. The number of likely N-dealkylation sites (N-methyl/N-ethyl adjacent to an activating group) is 1. The standard InChI is InChI=1S/C15H23N3O/c1-13-4-5-14(10-16-13)18-7-3-6-15(12-18)11-17(2)8-9-19-15/h4-5,10H,3,6-9,11-12H2,1-2H3. The lowest BCUT2D eigenvalue weighted by atomic mass is 9.90. The molecule has 3 heterocycles. The van der Waals surface area contributed by atoms with Crippen LogP contribution in [0.1, 0.15) is 18.5 Å². The summed E-state index contributed by atoms with van der Waals surface area (Å²) in [6, 6.07) is 4.26. The molecule has 0 saturated carbocycles. The van der Waals surface area contributed by atoms with E-state index in [0.717, 1.165) is 38.5 Å². The summed E-state index contributed by atoms with van der Waals surface area (Å²) in [6.45, 7) is 7.08.